The maximum absolute atomic E-state index is 9.13. The Hall–Kier alpha value is -0.0800. The number of hydrogen-bond donors (Lipinski definition) is 1. The van der Waals surface area contributed by atoms with Crippen LogP contribution < -0.4 is 0 Å². The van der Waals surface area contributed by atoms with Crippen LogP contribution in [-0.4, -0.2) is 36.2 Å². The summed E-state index contributed by atoms with van der Waals surface area (Å²) in [4.78, 5) is 2.54. The zero-order chi connectivity index (χ0) is 10.4. The van der Waals surface area contributed by atoms with Gasteiger partial charge in [-0.2, -0.15) is 0 Å². The second kappa shape index (κ2) is 6.41. The van der Waals surface area contributed by atoms with Crippen molar-refractivity contribution in [2.24, 2.45) is 11.8 Å². The summed E-state index contributed by atoms with van der Waals surface area (Å²) < 4.78 is 0. The first-order chi connectivity index (χ1) is 6.80. The molecule has 0 spiro atoms. The topological polar surface area (TPSA) is 23.5 Å². The summed E-state index contributed by atoms with van der Waals surface area (Å²) in [6.07, 6.45) is 5.06. The summed E-state index contributed by atoms with van der Waals surface area (Å²) in [6, 6.07) is 0. The third-order valence-corrected chi connectivity index (χ3v) is 3.53. The number of nitrogens with zero attached hydrogens (tertiary/aromatic N) is 1. The quantitative estimate of drug-likeness (QED) is 0.733. The summed E-state index contributed by atoms with van der Waals surface area (Å²) in [5.41, 5.74) is 0. The van der Waals surface area contributed by atoms with E-state index in [9.17, 15) is 0 Å². The summed E-state index contributed by atoms with van der Waals surface area (Å²) in [6.45, 7) is 8.53. The highest BCUT2D eigenvalue weighted by molar-refractivity contribution is 4.74. The SMILES string of the molecule is CCC(CC)CN1CCCC(CO)C1. The number of piperidine rings is 1. The molecule has 1 heterocycles. The van der Waals surface area contributed by atoms with Gasteiger partial charge in [-0.1, -0.05) is 26.7 Å². The van der Waals surface area contributed by atoms with E-state index in [1.165, 1.54) is 38.8 Å². The van der Waals surface area contributed by atoms with Crippen molar-refractivity contribution >= 4 is 0 Å². The molecule has 84 valence electrons. The maximum Gasteiger partial charge on any atom is 0.0471 e. The van der Waals surface area contributed by atoms with Crippen molar-refractivity contribution in [1.29, 1.82) is 0 Å². The number of aliphatic hydroxyl groups excluding tert-OH is 1. The third kappa shape index (κ3) is 3.58. The molecule has 0 aromatic carbocycles. The van der Waals surface area contributed by atoms with E-state index in [1.54, 1.807) is 0 Å². The van der Waals surface area contributed by atoms with E-state index in [0.29, 0.717) is 12.5 Å². The van der Waals surface area contributed by atoms with E-state index in [-0.39, 0.29) is 0 Å². The Bertz CT molecular complexity index is 145. The molecule has 1 aliphatic heterocycles. The molecule has 0 aromatic heterocycles. The molecular weight excluding hydrogens is 174 g/mol. The van der Waals surface area contributed by atoms with Gasteiger partial charge in [0, 0.05) is 19.7 Å². The average Bonchev–Trinajstić information content (AvgIpc) is 2.26. The number of aliphatic hydroxyl groups is 1. The Balaban J connectivity index is 2.29. The van der Waals surface area contributed by atoms with E-state index in [4.69, 9.17) is 5.11 Å². The van der Waals surface area contributed by atoms with Gasteiger partial charge in [-0.25, -0.2) is 0 Å². The lowest BCUT2D eigenvalue weighted by molar-refractivity contribution is 0.106. The van der Waals surface area contributed by atoms with Crippen molar-refractivity contribution in [1.82, 2.24) is 4.90 Å². The van der Waals surface area contributed by atoms with Crippen molar-refractivity contribution < 1.29 is 5.11 Å². The Morgan fingerprint density at radius 3 is 2.64 bits per heavy atom. The van der Waals surface area contributed by atoms with Gasteiger partial charge < -0.3 is 10.0 Å². The highest BCUT2D eigenvalue weighted by atomic mass is 16.3. The molecule has 1 aliphatic rings. The van der Waals surface area contributed by atoms with Gasteiger partial charge in [-0.15, -0.1) is 0 Å². The summed E-state index contributed by atoms with van der Waals surface area (Å²) in [5, 5.41) is 9.13. The van der Waals surface area contributed by atoms with Crippen LogP contribution in [0.15, 0.2) is 0 Å². The van der Waals surface area contributed by atoms with Gasteiger partial charge in [0.05, 0.1) is 0 Å². The number of likely N-dealkylation sites (tertiary alicyclic amines) is 1. The molecule has 0 saturated carbocycles. The van der Waals surface area contributed by atoms with Crippen molar-refractivity contribution in [3.05, 3.63) is 0 Å². The van der Waals surface area contributed by atoms with Crippen LogP contribution in [0, 0.1) is 11.8 Å². The zero-order valence-electron chi connectivity index (χ0n) is 9.71. The van der Waals surface area contributed by atoms with Crippen LogP contribution in [0.3, 0.4) is 0 Å². The van der Waals surface area contributed by atoms with Crippen molar-refractivity contribution in [2.75, 3.05) is 26.2 Å². The Morgan fingerprint density at radius 1 is 1.36 bits per heavy atom. The molecule has 0 amide bonds. The van der Waals surface area contributed by atoms with Gasteiger partial charge in [-0.3, -0.25) is 0 Å². The van der Waals surface area contributed by atoms with Crippen molar-refractivity contribution in [3.63, 3.8) is 0 Å². The zero-order valence-corrected chi connectivity index (χ0v) is 9.71. The fourth-order valence-corrected chi connectivity index (χ4v) is 2.38. The molecule has 2 heteroatoms. The molecule has 14 heavy (non-hydrogen) atoms. The normalized spacial score (nSPS) is 24.4. The predicted octanol–water partition coefficient (Wildman–Crippen LogP) is 2.13. The van der Waals surface area contributed by atoms with Crippen LogP contribution in [0.2, 0.25) is 0 Å². The second-order valence-electron chi connectivity index (χ2n) is 4.63. The minimum Gasteiger partial charge on any atom is -0.396 e. The van der Waals surface area contributed by atoms with Crippen LogP contribution in [0.4, 0.5) is 0 Å². The van der Waals surface area contributed by atoms with Crippen LogP contribution >= 0.6 is 0 Å². The summed E-state index contributed by atoms with van der Waals surface area (Å²) in [5.74, 6) is 1.39. The molecular formula is C12H25NO. The Kier molecular flexibility index (Phi) is 5.49. The molecule has 0 aliphatic carbocycles. The van der Waals surface area contributed by atoms with Gasteiger partial charge in [-0.05, 0) is 31.2 Å². The molecule has 0 radical (unpaired) electrons. The molecule has 1 rings (SSSR count). The minimum atomic E-state index is 0.374. The monoisotopic (exact) mass is 199 g/mol. The van der Waals surface area contributed by atoms with Crippen molar-refractivity contribution in [2.45, 2.75) is 39.5 Å². The molecule has 1 fully saturated rings. The lowest BCUT2D eigenvalue weighted by Crippen LogP contribution is -2.39. The first kappa shape index (κ1) is 12.0. The highest BCUT2D eigenvalue weighted by Crippen LogP contribution is 2.18. The lowest BCUT2D eigenvalue weighted by atomic mass is 9.96. The summed E-state index contributed by atoms with van der Waals surface area (Å²) in [7, 11) is 0. The molecule has 1 unspecified atom stereocenters. The van der Waals surface area contributed by atoms with Crippen LogP contribution in [0.1, 0.15) is 39.5 Å². The van der Waals surface area contributed by atoms with Gasteiger partial charge >= 0.3 is 0 Å². The number of rotatable bonds is 5. The predicted molar refractivity (Wildman–Crippen MR) is 60.3 cm³/mol. The highest BCUT2D eigenvalue weighted by Gasteiger charge is 2.20. The van der Waals surface area contributed by atoms with Gasteiger partial charge in [0.25, 0.3) is 0 Å². The largest absolute Gasteiger partial charge is 0.396 e. The Morgan fingerprint density at radius 2 is 2.07 bits per heavy atom. The maximum atomic E-state index is 9.13. The van der Waals surface area contributed by atoms with E-state index in [0.717, 1.165) is 12.5 Å². The van der Waals surface area contributed by atoms with E-state index >= 15 is 0 Å². The van der Waals surface area contributed by atoms with E-state index in [2.05, 4.69) is 18.7 Å². The molecule has 1 N–H and O–H groups in total. The average molecular weight is 199 g/mol. The van der Waals surface area contributed by atoms with Gasteiger partial charge in [0.2, 0.25) is 0 Å². The van der Waals surface area contributed by atoms with Gasteiger partial charge in [0.1, 0.15) is 0 Å². The number of hydrogen-bond acceptors (Lipinski definition) is 2. The van der Waals surface area contributed by atoms with Crippen molar-refractivity contribution in [3.8, 4) is 0 Å². The van der Waals surface area contributed by atoms with Crippen LogP contribution in [-0.2, 0) is 0 Å². The third-order valence-electron chi connectivity index (χ3n) is 3.53. The molecule has 0 bridgehead atoms. The lowest BCUT2D eigenvalue weighted by Gasteiger charge is -2.33. The first-order valence-electron chi connectivity index (χ1n) is 6.13. The van der Waals surface area contributed by atoms with Crippen LogP contribution in [0.5, 0.6) is 0 Å². The van der Waals surface area contributed by atoms with E-state index in [1.807, 2.05) is 0 Å². The molecule has 1 saturated heterocycles. The van der Waals surface area contributed by atoms with Crippen LogP contribution in [0.25, 0.3) is 0 Å². The molecule has 2 nitrogen and oxygen atoms in total. The standard InChI is InChI=1S/C12H25NO/c1-3-11(4-2)8-13-7-5-6-12(9-13)10-14/h11-12,14H,3-10H2,1-2H3. The smallest absolute Gasteiger partial charge is 0.0471 e. The van der Waals surface area contributed by atoms with E-state index < -0.39 is 0 Å². The molecule has 1 atom stereocenters. The van der Waals surface area contributed by atoms with Gasteiger partial charge in [0.15, 0.2) is 0 Å². The summed E-state index contributed by atoms with van der Waals surface area (Å²) >= 11 is 0. The molecule has 0 aromatic rings. The first-order valence-corrected chi connectivity index (χ1v) is 6.13. The fourth-order valence-electron chi connectivity index (χ4n) is 2.38. The fraction of sp³-hybridized carbons (Fsp3) is 1.00. The minimum absolute atomic E-state index is 0.374. The second-order valence-corrected chi connectivity index (χ2v) is 4.63. The Labute approximate surface area is 88.3 Å².